The average molecular weight is 374 g/mol. The second kappa shape index (κ2) is 8.13. The number of thiazole rings is 1. The Bertz CT molecular complexity index is 756. The number of aryl methyl sites for hydroxylation is 1. The molecule has 0 fully saturated rings. The lowest BCUT2D eigenvalue weighted by Crippen LogP contribution is -1.97. The first kappa shape index (κ1) is 18.2. The molecule has 0 N–H and O–H groups in total. The van der Waals surface area contributed by atoms with Gasteiger partial charge >= 0.3 is 0 Å². The number of ether oxygens (including phenoxy) is 1. The van der Waals surface area contributed by atoms with E-state index in [2.05, 4.69) is 11.9 Å². The Hall–Kier alpha value is -1.11. The molecular weight excluding hydrogens is 354 g/mol. The summed E-state index contributed by atoms with van der Waals surface area (Å²) in [6, 6.07) is 7.53. The molecule has 0 spiro atoms. The van der Waals surface area contributed by atoms with E-state index in [1.54, 1.807) is 6.92 Å². The Morgan fingerprint density at radius 3 is 2.70 bits per heavy atom. The normalized spacial score (nSPS) is 11.6. The van der Waals surface area contributed by atoms with Crippen LogP contribution in [0.15, 0.2) is 28.5 Å². The van der Waals surface area contributed by atoms with Gasteiger partial charge < -0.3 is 4.74 Å². The van der Waals surface area contributed by atoms with E-state index in [0.29, 0.717) is 17.3 Å². The zero-order valence-corrected chi connectivity index (χ0v) is 15.6. The van der Waals surface area contributed by atoms with Gasteiger partial charge in [0.15, 0.2) is 4.21 Å². The Kier molecular flexibility index (Phi) is 6.44. The molecule has 0 atom stereocenters. The zero-order valence-electron chi connectivity index (χ0n) is 13.2. The van der Waals surface area contributed by atoms with Crippen molar-refractivity contribution in [3.8, 4) is 16.3 Å². The van der Waals surface area contributed by atoms with Crippen LogP contribution < -0.4 is 4.74 Å². The first-order valence-electron chi connectivity index (χ1n) is 7.57. The summed E-state index contributed by atoms with van der Waals surface area (Å²) >= 11 is 1.08. The predicted octanol–water partition coefficient (Wildman–Crippen LogP) is 5.01. The fraction of sp³-hybridized carbons (Fsp3) is 0.438. The molecule has 0 radical (unpaired) electrons. The van der Waals surface area contributed by atoms with Gasteiger partial charge in [0.05, 0.1) is 12.3 Å². The van der Waals surface area contributed by atoms with Gasteiger partial charge in [0, 0.05) is 16.2 Å². The minimum atomic E-state index is -3.76. The van der Waals surface area contributed by atoms with Gasteiger partial charge in [-0.2, -0.15) is 0 Å². The fourth-order valence-electron chi connectivity index (χ4n) is 2.17. The molecule has 0 unspecified atom stereocenters. The minimum absolute atomic E-state index is 0.0973. The van der Waals surface area contributed by atoms with Gasteiger partial charge in [-0.25, -0.2) is 13.4 Å². The standard InChI is InChI=1S/C16H20ClNO3S2/c1-3-4-5-6-10-21-14-9-7-8-13(11-14)15-18-12(2)16(22-15)23(17,19)20/h7-9,11H,3-6,10H2,1-2H3. The number of rotatable bonds is 8. The Labute approximate surface area is 145 Å². The number of nitrogens with zero attached hydrogens (tertiary/aromatic N) is 1. The van der Waals surface area contributed by atoms with E-state index in [1.807, 2.05) is 24.3 Å². The molecule has 0 saturated heterocycles. The van der Waals surface area contributed by atoms with Crippen LogP contribution in [0.1, 0.15) is 38.3 Å². The number of halogens is 1. The molecule has 0 saturated carbocycles. The van der Waals surface area contributed by atoms with Crippen LogP contribution in [0.25, 0.3) is 10.6 Å². The first-order valence-corrected chi connectivity index (χ1v) is 10.7. The molecule has 1 heterocycles. The third kappa shape index (κ3) is 5.19. The summed E-state index contributed by atoms with van der Waals surface area (Å²) < 4.78 is 28.9. The van der Waals surface area contributed by atoms with Gasteiger partial charge in [-0.3, -0.25) is 0 Å². The van der Waals surface area contributed by atoms with Gasteiger partial charge in [-0.05, 0) is 25.5 Å². The minimum Gasteiger partial charge on any atom is -0.494 e. The summed E-state index contributed by atoms with van der Waals surface area (Å²) in [7, 11) is 1.67. The lowest BCUT2D eigenvalue weighted by atomic mass is 10.2. The third-order valence-electron chi connectivity index (χ3n) is 3.32. The van der Waals surface area contributed by atoms with Crippen LogP contribution >= 0.6 is 22.0 Å². The highest BCUT2D eigenvalue weighted by Crippen LogP contribution is 2.34. The van der Waals surface area contributed by atoms with E-state index in [9.17, 15) is 8.42 Å². The molecule has 2 aromatic rings. The Morgan fingerprint density at radius 2 is 2.04 bits per heavy atom. The number of benzene rings is 1. The number of aromatic nitrogens is 1. The maximum atomic E-state index is 11.5. The average Bonchev–Trinajstić information content (AvgIpc) is 2.90. The molecule has 23 heavy (non-hydrogen) atoms. The molecule has 0 aliphatic heterocycles. The molecule has 0 amide bonds. The Morgan fingerprint density at radius 1 is 1.26 bits per heavy atom. The van der Waals surface area contributed by atoms with Crippen LogP contribution in [-0.2, 0) is 9.05 Å². The van der Waals surface area contributed by atoms with E-state index in [0.717, 1.165) is 29.1 Å². The lowest BCUT2D eigenvalue weighted by molar-refractivity contribution is 0.305. The topological polar surface area (TPSA) is 56.3 Å². The first-order chi connectivity index (χ1) is 10.9. The number of unbranched alkanes of at least 4 members (excludes halogenated alkanes) is 3. The van der Waals surface area contributed by atoms with Crippen molar-refractivity contribution >= 4 is 31.1 Å². The van der Waals surface area contributed by atoms with Crippen molar-refractivity contribution < 1.29 is 13.2 Å². The maximum absolute atomic E-state index is 11.5. The summed E-state index contributed by atoms with van der Waals surface area (Å²) in [5.74, 6) is 0.766. The lowest BCUT2D eigenvalue weighted by Gasteiger charge is -2.07. The van der Waals surface area contributed by atoms with E-state index in [-0.39, 0.29) is 4.21 Å². The molecule has 4 nitrogen and oxygen atoms in total. The van der Waals surface area contributed by atoms with Gasteiger partial charge in [-0.1, -0.05) is 38.3 Å². The SMILES string of the molecule is CCCCCCOc1cccc(-c2nc(C)c(S(=O)(=O)Cl)s2)c1. The summed E-state index contributed by atoms with van der Waals surface area (Å²) in [6.45, 7) is 4.50. The molecule has 7 heteroatoms. The molecule has 1 aromatic heterocycles. The van der Waals surface area contributed by atoms with Crippen LogP contribution in [0.3, 0.4) is 0 Å². The van der Waals surface area contributed by atoms with Crippen LogP contribution in [0.5, 0.6) is 5.75 Å². The van der Waals surface area contributed by atoms with Crippen molar-refractivity contribution in [2.75, 3.05) is 6.61 Å². The summed E-state index contributed by atoms with van der Waals surface area (Å²) in [6.07, 6.45) is 4.62. The maximum Gasteiger partial charge on any atom is 0.272 e. The van der Waals surface area contributed by atoms with Crippen molar-refractivity contribution in [3.05, 3.63) is 30.0 Å². The van der Waals surface area contributed by atoms with Gasteiger partial charge in [0.1, 0.15) is 10.8 Å². The fourth-order valence-corrected chi connectivity index (χ4v) is 4.62. The van der Waals surface area contributed by atoms with Crippen LogP contribution in [0, 0.1) is 6.92 Å². The molecule has 0 aliphatic rings. The molecule has 126 valence electrons. The number of hydrogen-bond acceptors (Lipinski definition) is 5. The third-order valence-corrected chi connectivity index (χ3v) is 6.71. The predicted molar refractivity (Wildman–Crippen MR) is 95.0 cm³/mol. The quantitative estimate of drug-likeness (QED) is 0.482. The summed E-state index contributed by atoms with van der Waals surface area (Å²) in [4.78, 5) is 4.31. The highest BCUT2D eigenvalue weighted by Gasteiger charge is 2.20. The van der Waals surface area contributed by atoms with Gasteiger partial charge in [-0.15, -0.1) is 11.3 Å². The Balaban J connectivity index is 2.11. The monoisotopic (exact) mass is 373 g/mol. The van der Waals surface area contributed by atoms with Gasteiger partial charge in [0.25, 0.3) is 9.05 Å². The van der Waals surface area contributed by atoms with E-state index in [1.165, 1.54) is 19.3 Å². The van der Waals surface area contributed by atoms with Crippen LogP contribution in [0.2, 0.25) is 0 Å². The summed E-state index contributed by atoms with van der Waals surface area (Å²) in [5, 5.41) is 0.623. The smallest absolute Gasteiger partial charge is 0.272 e. The molecule has 2 rings (SSSR count). The van der Waals surface area contributed by atoms with E-state index < -0.39 is 9.05 Å². The van der Waals surface area contributed by atoms with Crippen molar-refractivity contribution in [3.63, 3.8) is 0 Å². The van der Waals surface area contributed by atoms with Crippen molar-refractivity contribution in [2.45, 2.75) is 43.7 Å². The van der Waals surface area contributed by atoms with Crippen molar-refractivity contribution in [2.24, 2.45) is 0 Å². The highest BCUT2D eigenvalue weighted by molar-refractivity contribution is 8.15. The molecular formula is C16H20ClNO3S2. The van der Waals surface area contributed by atoms with E-state index >= 15 is 0 Å². The second-order valence-corrected chi connectivity index (χ2v) is 9.03. The number of hydrogen-bond donors (Lipinski definition) is 0. The molecule has 0 aliphatic carbocycles. The van der Waals surface area contributed by atoms with Crippen LogP contribution in [0.4, 0.5) is 0 Å². The molecule has 1 aromatic carbocycles. The van der Waals surface area contributed by atoms with Gasteiger partial charge in [0.2, 0.25) is 0 Å². The molecule has 0 bridgehead atoms. The van der Waals surface area contributed by atoms with E-state index in [4.69, 9.17) is 15.4 Å². The van der Waals surface area contributed by atoms with Crippen molar-refractivity contribution in [1.29, 1.82) is 0 Å². The van der Waals surface area contributed by atoms with Crippen molar-refractivity contribution in [1.82, 2.24) is 4.98 Å². The zero-order chi connectivity index (χ0) is 16.9. The summed E-state index contributed by atoms with van der Waals surface area (Å²) in [5.41, 5.74) is 1.25. The highest BCUT2D eigenvalue weighted by atomic mass is 35.7. The second-order valence-electron chi connectivity index (χ2n) is 5.27. The largest absolute Gasteiger partial charge is 0.494 e. The van der Waals surface area contributed by atoms with Crippen LogP contribution in [-0.4, -0.2) is 20.0 Å².